The lowest BCUT2D eigenvalue weighted by atomic mass is 10.1. The molecule has 1 heterocycles. The van der Waals surface area contributed by atoms with Gasteiger partial charge in [-0.3, -0.25) is 4.99 Å². The zero-order valence-corrected chi connectivity index (χ0v) is 21.3. The summed E-state index contributed by atoms with van der Waals surface area (Å²) in [5, 5.41) is 6.68. The second kappa shape index (κ2) is 15.7. The van der Waals surface area contributed by atoms with Crippen LogP contribution in [0, 0.1) is 6.92 Å². The van der Waals surface area contributed by atoms with Crippen LogP contribution >= 0.6 is 24.0 Å². The molecular weight excluding hydrogens is 507 g/mol. The van der Waals surface area contributed by atoms with E-state index in [-0.39, 0.29) is 24.0 Å². The van der Waals surface area contributed by atoms with Gasteiger partial charge in [0.05, 0.1) is 13.2 Å². The van der Waals surface area contributed by atoms with E-state index in [0.717, 1.165) is 29.7 Å². The van der Waals surface area contributed by atoms with Crippen LogP contribution in [0.4, 0.5) is 0 Å². The Hall–Kier alpha value is -2.07. The largest absolute Gasteiger partial charge is 0.493 e. The van der Waals surface area contributed by atoms with Crippen molar-refractivity contribution in [2.45, 2.75) is 39.8 Å². The van der Waals surface area contributed by atoms with Crippen LogP contribution in [-0.2, 0) is 17.8 Å². The molecule has 0 bridgehead atoms. The van der Waals surface area contributed by atoms with Crippen molar-refractivity contribution < 1.29 is 14.2 Å². The molecule has 2 rings (SSSR count). The first-order valence-electron chi connectivity index (χ1n) is 10.4. The maximum atomic E-state index is 5.96. The third-order valence-corrected chi connectivity index (χ3v) is 4.38. The number of benzene rings is 1. The number of aliphatic imine (C=N–C) groups is 1. The summed E-state index contributed by atoms with van der Waals surface area (Å²) in [5.74, 6) is 2.25. The van der Waals surface area contributed by atoms with Crippen LogP contribution in [0.3, 0.4) is 0 Å². The molecule has 0 amide bonds. The van der Waals surface area contributed by atoms with Crippen molar-refractivity contribution in [3.05, 3.63) is 53.2 Å². The lowest BCUT2D eigenvalue weighted by Crippen LogP contribution is -2.36. The molecular formula is C23H35IN4O3. The van der Waals surface area contributed by atoms with E-state index in [4.69, 9.17) is 14.2 Å². The van der Waals surface area contributed by atoms with E-state index in [2.05, 4.69) is 52.7 Å². The summed E-state index contributed by atoms with van der Waals surface area (Å²) in [7, 11) is 3.45. The smallest absolute Gasteiger partial charge is 0.218 e. The Morgan fingerprint density at radius 3 is 2.52 bits per heavy atom. The number of aryl methyl sites for hydroxylation is 1. The third kappa shape index (κ3) is 9.73. The fourth-order valence-corrected chi connectivity index (χ4v) is 2.79. The van der Waals surface area contributed by atoms with E-state index in [1.54, 1.807) is 20.4 Å². The number of halogens is 1. The highest BCUT2D eigenvalue weighted by Gasteiger charge is 2.08. The summed E-state index contributed by atoms with van der Waals surface area (Å²) < 4.78 is 16.8. The molecule has 7 nitrogen and oxygen atoms in total. The molecule has 31 heavy (non-hydrogen) atoms. The van der Waals surface area contributed by atoms with Crippen LogP contribution < -0.4 is 20.1 Å². The molecule has 0 fully saturated rings. The Morgan fingerprint density at radius 1 is 1.03 bits per heavy atom. The monoisotopic (exact) mass is 542 g/mol. The second-order valence-corrected chi connectivity index (χ2v) is 6.90. The lowest BCUT2D eigenvalue weighted by Gasteiger charge is -2.16. The summed E-state index contributed by atoms with van der Waals surface area (Å²) in [6, 6.07) is 10.1. The van der Waals surface area contributed by atoms with Gasteiger partial charge < -0.3 is 24.8 Å². The molecule has 0 atom stereocenters. The zero-order chi connectivity index (χ0) is 21.6. The molecule has 0 aliphatic heterocycles. The molecule has 0 saturated carbocycles. The van der Waals surface area contributed by atoms with Crippen LogP contribution in [0.5, 0.6) is 11.6 Å². The molecule has 172 valence electrons. The van der Waals surface area contributed by atoms with Crippen molar-refractivity contribution in [2.24, 2.45) is 4.99 Å². The lowest BCUT2D eigenvalue weighted by molar-refractivity contribution is 0.171. The van der Waals surface area contributed by atoms with Crippen molar-refractivity contribution >= 4 is 29.9 Å². The quantitative estimate of drug-likeness (QED) is 0.182. The number of pyridine rings is 1. The van der Waals surface area contributed by atoms with Gasteiger partial charge in [0.15, 0.2) is 5.96 Å². The first-order chi connectivity index (χ1) is 14.7. The number of nitrogens with one attached hydrogen (secondary N) is 2. The molecule has 2 aromatic rings. The molecule has 1 aromatic carbocycles. The number of aromatic nitrogens is 1. The number of hydrogen-bond acceptors (Lipinski definition) is 5. The van der Waals surface area contributed by atoms with Crippen molar-refractivity contribution in [3.63, 3.8) is 0 Å². The molecule has 8 heteroatoms. The van der Waals surface area contributed by atoms with E-state index >= 15 is 0 Å². The highest BCUT2D eigenvalue weighted by molar-refractivity contribution is 14.0. The van der Waals surface area contributed by atoms with Crippen molar-refractivity contribution in [1.82, 2.24) is 15.6 Å². The Kier molecular flexibility index (Phi) is 13.6. The Labute approximate surface area is 203 Å². The van der Waals surface area contributed by atoms with Gasteiger partial charge in [-0.25, -0.2) is 4.98 Å². The molecule has 2 N–H and O–H groups in total. The van der Waals surface area contributed by atoms with E-state index in [9.17, 15) is 0 Å². The number of nitrogens with zero attached hydrogens (tertiary/aromatic N) is 2. The number of rotatable bonds is 12. The predicted octanol–water partition coefficient (Wildman–Crippen LogP) is 4.08. The van der Waals surface area contributed by atoms with Crippen LogP contribution in [0.25, 0.3) is 0 Å². The van der Waals surface area contributed by atoms with Gasteiger partial charge in [0.2, 0.25) is 5.88 Å². The van der Waals surface area contributed by atoms with Crippen molar-refractivity contribution in [1.29, 1.82) is 0 Å². The van der Waals surface area contributed by atoms with Gasteiger partial charge in [0, 0.05) is 57.6 Å². The Morgan fingerprint density at radius 2 is 1.81 bits per heavy atom. The van der Waals surface area contributed by atoms with Crippen LogP contribution in [0.1, 0.15) is 36.5 Å². The summed E-state index contributed by atoms with van der Waals surface area (Å²) in [5.41, 5.74) is 3.24. The van der Waals surface area contributed by atoms with E-state index in [1.807, 2.05) is 12.1 Å². The zero-order valence-electron chi connectivity index (χ0n) is 18.9. The number of hydrogen-bond donors (Lipinski definition) is 2. The molecule has 0 spiro atoms. The maximum absolute atomic E-state index is 5.96. The minimum absolute atomic E-state index is 0. The van der Waals surface area contributed by atoms with E-state index < -0.39 is 0 Å². The molecule has 0 unspecified atom stereocenters. The number of methoxy groups -OCH3 is 1. The minimum Gasteiger partial charge on any atom is -0.493 e. The highest BCUT2D eigenvalue weighted by atomic mass is 127. The van der Waals surface area contributed by atoms with Gasteiger partial charge in [-0.05, 0) is 31.0 Å². The van der Waals surface area contributed by atoms with Crippen LogP contribution in [-0.4, -0.2) is 44.9 Å². The van der Waals surface area contributed by atoms with E-state index in [0.29, 0.717) is 44.7 Å². The fourth-order valence-electron chi connectivity index (χ4n) is 2.79. The summed E-state index contributed by atoms with van der Waals surface area (Å²) in [6.07, 6.45) is 3.54. The second-order valence-electron chi connectivity index (χ2n) is 6.90. The summed E-state index contributed by atoms with van der Waals surface area (Å²) >= 11 is 0. The molecule has 0 aliphatic rings. The average molecular weight is 542 g/mol. The topological polar surface area (TPSA) is 77.0 Å². The molecule has 1 aromatic heterocycles. The normalized spacial score (nSPS) is 10.9. The fraction of sp³-hybridized carbons (Fsp3) is 0.478. The van der Waals surface area contributed by atoms with E-state index in [1.165, 1.54) is 5.56 Å². The predicted molar refractivity (Wildman–Crippen MR) is 136 cm³/mol. The first kappa shape index (κ1) is 27.0. The number of guanidine groups is 1. The van der Waals surface area contributed by atoms with Gasteiger partial charge in [-0.15, -0.1) is 24.0 Å². The Balaban J connectivity index is 0.00000480. The standard InChI is InChI=1S/C23H34N4O3.HI/c1-5-12-30-22-20(8-6-11-25-22)17-27-23(24-3)26-16-19-10-9-18(2)15-21(19)29-14-7-13-28-4;/h6,8-11,15H,5,7,12-14,16-17H2,1-4H3,(H2,24,26,27);1H. The maximum Gasteiger partial charge on any atom is 0.218 e. The van der Waals surface area contributed by atoms with Gasteiger partial charge in [-0.1, -0.05) is 25.1 Å². The van der Waals surface area contributed by atoms with Gasteiger partial charge in [0.1, 0.15) is 5.75 Å². The summed E-state index contributed by atoms with van der Waals surface area (Å²) in [6.45, 7) is 7.27. The van der Waals surface area contributed by atoms with Crippen molar-refractivity contribution in [2.75, 3.05) is 34.0 Å². The van der Waals surface area contributed by atoms with Gasteiger partial charge >= 0.3 is 0 Å². The SMILES string of the molecule is CCCOc1ncccc1CNC(=NC)NCc1ccc(C)cc1OCCCOC.I. The number of ether oxygens (including phenoxy) is 3. The molecule has 0 aliphatic carbocycles. The molecule has 0 saturated heterocycles. The minimum atomic E-state index is 0. The van der Waals surface area contributed by atoms with Crippen LogP contribution in [0.15, 0.2) is 41.5 Å². The van der Waals surface area contributed by atoms with Gasteiger partial charge in [-0.2, -0.15) is 0 Å². The van der Waals surface area contributed by atoms with Crippen molar-refractivity contribution in [3.8, 4) is 11.6 Å². The third-order valence-electron chi connectivity index (χ3n) is 4.38. The van der Waals surface area contributed by atoms with Crippen LogP contribution in [0.2, 0.25) is 0 Å². The molecule has 0 radical (unpaired) electrons. The average Bonchev–Trinajstić information content (AvgIpc) is 2.77. The first-order valence-corrected chi connectivity index (χ1v) is 10.4. The van der Waals surface area contributed by atoms with Gasteiger partial charge in [0.25, 0.3) is 0 Å². The summed E-state index contributed by atoms with van der Waals surface area (Å²) in [4.78, 5) is 8.65. The Bertz CT molecular complexity index is 802. The highest BCUT2D eigenvalue weighted by Crippen LogP contribution is 2.20.